The Hall–Kier alpha value is -1.87. The highest BCUT2D eigenvalue weighted by Crippen LogP contribution is 2.26. The Kier molecular flexibility index (Phi) is 5.90. The number of carbonyl (C=O) groups is 2. The Balaban J connectivity index is 1.59. The van der Waals surface area contributed by atoms with Gasteiger partial charge in [-0.15, -0.1) is 0 Å². The number of furan rings is 1. The zero-order chi connectivity index (χ0) is 19.6. The second-order valence-electron chi connectivity index (χ2n) is 7.36. The summed E-state index contributed by atoms with van der Waals surface area (Å²) in [6.45, 7) is 1.86. The van der Waals surface area contributed by atoms with Crippen molar-refractivity contribution in [2.75, 3.05) is 40.3 Å². The Bertz CT molecular complexity index is 788. The van der Waals surface area contributed by atoms with Crippen molar-refractivity contribution in [3.8, 4) is 0 Å². The minimum absolute atomic E-state index is 0.00230. The smallest absolute Gasteiger partial charge is 0.289 e. The molecule has 150 valence electrons. The Morgan fingerprint density at radius 1 is 1.00 bits per heavy atom. The fourth-order valence-corrected chi connectivity index (χ4v) is 4.44. The second-order valence-corrected chi connectivity index (χ2v) is 9.44. The van der Waals surface area contributed by atoms with Gasteiger partial charge in [-0.2, -0.15) is 0 Å². The van der Waals surface area contributed by atoms with Gasteiger partial charge < -0.3 is 14.2 Å². The molecule has 3 rings (SSSR count). The molecule has 2 heterocycles. The van der Waals surface area contributed by atoms with Crippen LogP contribution in [0.3, 0.4) is 0 Å². The van der Waals surface area contributed by atoms with Crippen LogP contribution in [0.25, 0.3) is 0 Å². The minimum Gasteiger partial charge on any atom is -0.438 e. The van der Waals surface area contributed by atoms with Gasteiger partial charge in [-0.25, -0.2) is 12.7 Å². The topological polar surface area (TPSA) is 91.1 Å². The van der Waals surface area contributed by atoms with E-state index in [1.54, 1.807) is 4.90 Å². The van der Waals surface area contributed by atoms with Crippen LogP contribution in [-0.4, -0.2) is 74.6 Å². The van der Waals surface area contributed by atoms with E-state index >= 15 is 0 Å². The van der Waals surface area contributed by atoms with Crippen LogP contribution in [0, 0.1) is 5.92 Å². The van der Waals surface area contributed by atoms with Crippen molar-refractivity contribution in [3.63, 3.8) is 0 Å². The van der Waals surface area contributed by atoms with Gasteiger partial charge in [0.25, 0.3) is 15.9 Å². The summed E-state index contributed by atoms with van der Waals surface area (Å²) in [4.78, 5) is 28.7. The molecule has 0 spiro atoms. The molecular weight excluding hydrogens is 370 g/mol. The van der Waals surface area contributed by atoms with Crippen molar-refractivity contribution in [2.45, 2.75) is 37.2 Å². The third-order valence-electron chi connectivity index (χ3n) is 5.36. The van der Waals surface area contributed by atoms with Gasteiger partial charge in [0.2, 0.25) is 11.0 Å². The van der Waals surface area contributed by atoms with Gasteiger partial charge in [0, 0.05) is 46.2 Å². The maximum Gasteiger partial charge on any atom is 0.289 e. The number of nitrogens with zero attached hydrogens (tertiary/aromatic N) is 3. The van der Waals surface area contributed by atoms with E-state index < -0.39 is 10.0 Å². The van der Waals surface area contributed by atoms with Crippen molar-refractivity contribution in [1.82, 2.24) is 14.1 Å². The molecule has 1 aromatic rings. The van der Waals surface area contributed by atoms with Gasteiger partial charge in [0.05, 0.1) is 0 Å². The predicted octanol–water partition coefficient (Wildman–Crippen LogP) is 1.39. The summed E-state index contributed by atoms with van der Waals surface area (Å²) in [7, 11) is -0.900. The zero-order valence-electron chi connectivity index (χ0n) is 15.9. The minimum atomic E-state index is -3.71. The lowest BCUT2D eigenvalue weighted by atomic mass is 9.88. The molecule has 1 aliphatic carbocycles. The lowest BCUT2D eigenvalue weighted by Gasteiger charge is -2.36. The van der Waals surface area contributed by atoms with E-state index in [-0.39, 0.29) is 28.6 Å². The fraction of sp³-hybridized carbons (Fsp3) is 0.667. The molecule has 0 bridgehead atoms. The third-order valence-corrected chi connectivity index (χ3v) is 7.05. The van der Waals surface area contributed by atoms with E-state index in [4.69, 9.17) is 4.42 Å². The molecule has 0 radical (unpaired) electrons. The van der Waals surface area contributed by atoms with E-state index in [1.165, 1.54) is 32.6 Å². The first kappa shape index (κ1) is 19.9. The van der Waals surface area contributed by atoms with Gasteiger partial charge >= 0.3 is 0 Å². The number of hydrogen-bond donors (Lipinski definition) is 0. The number of sulfonamides is 1. The van der Waals surface area contributed by atoms with Gasteiger partial charge in [0.1, 0.15) is 0 Å². The summed E-state index contributed by atoms with van der Waals surface area (Å²) < 4.78 is 30.5. The SMILES string of the molecule is CN(C)S(=O)(=O)c1ccc(C(=O)N2CCN(C(=O)C3CCCCC3)CC2)o1. The third kappa shape index (κ3) is 4.19. The van der Waals surface area contributed by atoms with Crippen LogP contribution in [-0.2, 0) is 14.8 Å². The summed E-state index contributed by atoms with van der Waals surface area (Å²) in [6.07, 6.45) is 5.37. The van der Waals surface area contributed by atoms with E-state index in [1.807, 2.05) is 4.90 Å². The number of carbonyl (C=O) groups excluding carboxylic acids is 2. The maximum atomic E-state index is 12.6. The average Bonchev–Trinajstić information content (AvgIpc) is 3.18. The Morgan fingerprint density at radius 3 is 2.19 bits per heavy atom. The lowest BCUT2D eigenvalue weighted by Crippen LogP contribution is -2.52. The van der Waals surface area contributed by atoms with Crippen LogP contribution in [0.1, 0.15) is 42.7 Å². The van der Waals surface area contributed by atoms with E-state index in [9.17, 15) is 18.0 Å². The second kappa shape index (κ2) is 8.02. The van der Waals surface area contributed by atoms with E-state index in [0.717, 1.165) is 30.0 Å². The summed E-state index contributed by atoms with van der Waals surface area (Å²) in [5.41, 5.74) is 0. The van der Waals surface area contributed by atoms with Crippen LogP contribution in [0.15, 0.2) is 21.6 Å². The Labute approximate surface area is 160 Å². The molecule has 1 saturated carbocycles. The molecule has 9 heteroatoms. The predicted molar refractivity (Wildman–Crippen MR) is 98.6 cm³/mol. The van der Waals surface area contributed by atoms with Gasteiger partial charge in [-0.05, 0) is 25.0 Å². The molecule has 2 fully saturated rings. The van der Waals surface area contributed by atoms with Crippen molar-refractivity contribution >= 4 is 21.8 Å². The molecular formula is C18H27N3O5S. The first-order chi connectivity index (χ1) is 12.8. The summed E-state index contributed by atoms with van der Waals surface area (Å²) in [5.74, 6) is -0.00788. The van der Waals surface area contributed by atoms with Crippen molar-refractivity contribution < 1.29 is 22.4 Å². The lowest BCUT2D eigenvalue weighted by molar-refractivity contribution is -0.138. The molecule has 1 saturated heterocycles. The highest BCUT2D eigenvalue weighted by molar-refractivity contribution is 7.88. The largest absolute Gasteiger partial charge is 0.438 e. The quantitative estimate of drug-likeness (QED) is 0.766. The first-order valence-corrected chi connectivity index (χ1v) is 10.8. The molecule has 8 nitrogen and oxygen atoms in total. The molecule has 1 aliphatic heterocycles. The number of rotatable bonds is 4. The standard InChI is InChI=1S/C18H27N3O5S/c1-19(2)27(24,25)16-9-8-15(26-16)18(23)21-12-10-20(11-13-21)17(22)14-6-4-3-5-7-14/h8-9,14H,3-7,10-13H2,1-2H3. The monoisotopic (exact) mass is 397 g/mol. The van der Waals surface area contributed by atoms with Gasteiger partial charge in [-0.3, -0.25) is 9.59 Å². The number of piperazine rings is 1. The molecule has 27 heavy (non-hydrogen) atoms. The molecule has 0 unspecified atom stereocenters. The van der Waals surface area contributed by atoms with Crippen LogP contribution >= 0.6 is 0 Å². The van der Waals surface area contributed by atoms with Crippen LogP contribution in [0.4, 0.5) is 0 Å². The van der Waals surface area contributed by atoms with Crippen LogP contribution in [0.2, 0.25) is 0 Å². The van der Waals surface area contributed by atoms with E-state index in [0.29, 0.717) is 26.2 Å². The summed E-state index contributed by atoms with van der Waals surface area (Å²) in [6, 6.07) is 2.68. The van der Waals surface area contributed by atoms with Crippen molar-refractivity contribution in [3.05, 3.63) is 17.9 Å². The number of amides is 2. The Morgan fingerprint density at radius 2 is 1.59 bits per heavy atom. The van der Waals surface area contributed by atoms with Crippen molar-refractivity contribution in [2.24, 2.45) is 5.92 Å². The molecule has 0 atom stereocenters. The maximum absolute atomic E-state index is 12.6. The summed E-state index contributed by atoms with van der Waals surface area (Å²) >= 11 is 0. The highest BCUT2D eigenvalue weighted by atomic mass is 32.2. The van der Waals surface area contributed by atoms with Gasteiger partial charge in [-0.1, -0.05) is 19.3 Å². The van der Waals surface area contributed by atoms with Gasteiger partial charge in [0.15, 0.2) is 5.76 Å². The average molecular weight is 397 g/mol. The van der Waals surface area contributed by atoms with Crippen LogP contribution < -0.4 is 0 Å². The molecule has 0 N–H and O–H groups in total. The summed E-state index contributed by atoms with van der Waals surface area (Å²) in [5, 5.41) is -0.248. The molecule has 2 aliphatic rings. The molecule has 2 amide bonds. The van der Waals surface area contributed by atoms with Crippen molar-refractivity contribution in [1.29, 1.82) is 0 Å². The fourth-order valence-electron chi connectivity index (χ4n) is 3.65. The zero-order valence-corrected chi connectivity index (χ0v) is 16.7. The normalized spacial score (nSPS) is 19.5. The molecule has 0 aromatic carbocycles. The van der Waals surface area contributed by atoms with E-state index in [2.05, 4.69) is 0 Å². The highest BCUT2D eigenvalue weighted by Gasteiger charge is 2.31. The number of hydrogen-bond acceptors (Lipinski definition) is 5. The first-order valence-electron chi connectivity index (χ1n) is 9.41. The van der Waals surface area contributed by atoms with Crippen LogP contribution in [0.5, 0.6) is 0 Å². The molecule has 1 aromatic heterocycles.